The number of ketones is 1. The van der Waals surface area contributed by atoms with Gasteiger partial charge in [0.2, 0.25) is 0 Å². The molecule has 0 radical (unpaired) electrons. The van der Waals surface area contributed by atoms with Crippen molar-refractivity contribution in [3.63, 3.8) is 0 Å². The van der Waals surface area contributed by atoms with Gasteiger partial charge in [-0.1, -0.05) is 25.4 Å². The van der Waals surface area contributed by atoms with Crippen LogP contribution in [0.2, 0.25) is 5.02 Å². The minimum Gasteiger partial charge on any atom is -0.486 e. The van der Waals surface area contributed by atoms with Crippen LogP contribution < -0.4 is 9.47 Å². The highest BCUT2D eigenvalue weighted by atomic mass is 35.5. The Balaban J connectivity index is 2.59. The maximum atomic E-state index is 12.3. The monoisotopic (exact) mass is 312 g/mol. The van der Waals surface area contributed by atoms with E-state index in [1.807, 2.05) is 13.8 Å². The Morgan fingerprint density at radius 2 is 2.00 bits per heavy atom. The van der Waals surface area contributed by atoms with Gasteiger partial charge >= 0.3 is 5.97 Å². The van der Waals surface area contributed by atoms with Crippen LogP contribution in [0.5, 0.6) is 11.5 Å². The lowest BCUT2D eigenvalue weighted by atomic mass is 9.92. The van der Waals surface area contributed by atoms with Crippen molar-refractivity contribution in [2.45, 2.75) is 26.7 Å². The fraction of sp³-hybridized carbons (Fsp3) is 0.467. The number of hydrogen-bond donors (Lipinski definition) is 0. The van der Waals surface area contributed by atoms with E-state index in [9.17, 15) is 9.59 Å². The van der Waals surface area contributed by atoms with Crippen LogP contribution in [-0.4, -0.2) is 31.6 Å². The summed E-state index contributed by atoms with van der Waals surface area (Å²) in [5, 5.41) is 0.168. The summed E-state index contributed by atoms with van der Waals surface area (Å²) in [6, 6.07) is 1.51. The molecule has 21 heavy (non-hydrogen) atoms. The second-order valence-corrected chi connectivity index (χ2v) is 5.28. The lowest BCUT2D eigenvalue weighted by Gasteiger charge is -2.25. The Morgan fingerprint density at radius 1 is 1.33 bits per heavy atom. The van der Waals surface area contributed by atoms with Gasteiger partial charge in [0, 0.05) is 11.6 Å². The van der Waals surface area contributed by atoms with E-state index in [4.69, 9.17) is 25.8 Å². The molecule has 0 amide bonds. The van der Waals surface area contributed by atoms with Crippen LogP contribution in [0.3, 0.4) is 0 Å². The van der Waals surface area contributed by atoms with E-state index in [-0.39, 0.29) is 23.1 Å². The maximum Gasteiger partial charge on any atom is 0.379 e. The summed E-state index contributed by atoms with van der Waals surface area (Å²) in [5.41, 5.74) is 0.713. The lowest BCUT2D eigenvalue weighted by molar-refractivity contribution is -0.137. The molecule has 2 rings (SSSR count). The zero-order valence-electron chi connectivity index (χ0n) is 12.2. The quantitative estimate of drug-likeness (QED) is 0.486. The predicted octanol–water partition coefficient (Wildman–Crippen LogP) is 2.98. The van der Waals surface area contributed by atoms with Crippen LogP contribution in [0.1, 0.15) is 42.6 Å². The van der Waals surface area contributed by atoms with Gasteiger partial charge in [-0.05, 0) is 12.8 Å². The lowest BCUT2D eigenvalue weighted by Crippen LogP contribution is -2.23. The molecule has 1 aliphatic heterocycles. The van der Waals surface area contributed by atoms with E-state index in [0.717, 1.165) is 0 Å². The first-order valence-corrected chi connectivity index (χ1v) is 7.18. The molecule has 0 N–H and O–H groups in total. The van der Waals surface area contributed by atoms with Gasteiger partial charge in [-0.15, -0.1) is 0 Å². The van der Waals surface area contributed by atoms with Crippen molar-refractivity contribution in [2.24, 2.45) is 0 Å². The Hall–Kier alpha value is -1.75. The molecule has 0 bridgehead atoms. The Bertz CT molecular complexity index is 580. The number of carbonyl (C=O) groups excluding carboxylic acids is 2. The van der Waals surface area contributed by atoms with E-state index in [1.54, 1.807) is 6.92 Å². The number of esters is 1. The first-order chi connectivity index (χ1) is 9.97. The normalized spacial score (nSPS) is 13.2. The third-order valence-corrected chi connectivity index (χ3v) is 3.39. The first kappa shape index (κ1) is 15.6. The van der Waals surface area contributed by atoms with Crippen molar-refractivity contribution in [1.82, 2.24) is 0 Å². The number of carbonyl (C=O) groups is 2. The molecule has 1 aromatic rings. The third kappa shape index (κ3) is 2.97. The number of ether oxygens (including phenoxy) is 3. The third-order valence-electron chi connectivity index (χ3n) is 3.09. The Morgan fingerprint density at radius 3 is 2.62 bits per heavy atom. The van der Waals surface area contributed by atoms with Crippen molar-refractivity contribution >= 4 is 23.4 Å². The van der Waals surface area contributed by atoms with Gasteiger partial charge in [0.1, 0.15) is 13.2 Å². The number of benzene rings is 1. The summed E-state index contributed by atoms with van der Waals surface area (Å²) in [6.45, 7) is 6.37. The number of halogens is 1. The minimum atomic E-state index is -0.919. The molecule has 0 saturated carbocycles. The molecule has 6 heteroatoms. The number of rotatable bonds is 4. The van der Waals surface area contributed by atoms with E-state index < -0.39 is 11.8 Å². The van der Waals surface area contributed by atoms with E-state index in [2.05, 4.69) is 0 Å². The highest BCUT2D eigenvalue weighted by molar-refractivity contribution is 6.46. The smallest absolute Gasteiger partial charge is 0.379 e. The second-order valence-electron chi connectivity index (χ2n) is 4.88. The van der Waals surface area contributed by atoms with Gasteiger partial charge in [0.15, 0.2) is 11.5 Å². The van der Waals surface area contributed by atoms with E-state index in [0.29, 0.717) is 30.3 Å². The zero-order chi connectivity index (χ0) is 15.6. The largest absolute Gasteiger partial charge is 0.486 e. The standard InChI is InChI=1S/C15H17ClO5/c1-4-19-15(18)13(17)12-9(16)7-10-14(11(12)8(2)3)21-6-5-20-10/h7-8H,4-6H2,1-3H3. The molecule has 1 aromatic carbocycles. The van der Waals surface area contributed by atoms with Crippen molar-refractivity contribution in [3.05, 3.63) is 22.2 Å². The highest BCUT2D eigenvalue weighted by Gasteiger charge is 2.31. The molecule has 1 aliphatic rings. The van der Waals surface area contributed by atoms with E-state index in [1.165, 1.54) is 6.07 Å². The molecular weight excluding hydrogens is 296 g/mol. The van der Waals surface area contributed by atoms with Crippen LogP contribution in [0.15, 0.2) is 6.07 Å². The average Bonchev–Trinajstić information content (AvgIpc) is 2.45. The molecule has 114 valence electrons. The van der Waals surface area contributed by atoms with Crippen LogP contribution >= 0.6 is 11.6 Å². The molecule has 0 atom stereocenters. The molecule has 0 aliphatic carbocycles. The summed E-state index contributed by atoms with van der Waals surface area (Å²) < 4.78 is 15.9. The van der Waals surface area contributed by atoms with Crippen molar-refractivity contribution in [3.8, 4) is 11.5 Å². The Kier molecular flexibility index (Phi) is 4.73. The van der Waals surface area contributed by atoms with Crippen LogP contribution in [0.25, 0.3) is 0 Å². The first-order valence-electron chi connectivity index (χ1n) is 6.80. The van der Waals surface area contributed by atoms with Gasteiger partial charge < -0.3 is 14.2 Å². The molecule has 0 fully saturated rings. The SMILES string of the molecule is CCOC(=O)C(=O)c1c(Cl)cc2c(c1C(C)C)OCCO2. The van der Waals surface area contributed by atoms with Gasteiger partial charge in [0.05, 0.1) is 17.2 Å². The van der Waals surface area contributed by atoms with Crippen LogP contribution in [0, 0.1) is 0 Å². The number of fused-ring (bicyclic) bond motifs is 1. The molecule has 0 saturated heterocycles. The summed E-state index contributed by atoms with van der Waals surface area (Å²) in [6.07, 6.45) is 0. The van der Waals surface area contributed by atoms with Crippen molar-refractivity contribution in [2.75, 3.05) is 19.8 Å². The van der Waals surface area contributed by atoms with Crippen LogP contribution in [-0.2, 0) is 9.53 Å². The van der Waals surface area contributed by atoms with Gasteiger partial charge in [-0.3, -0.25) is 4.79 Å². The van der Waals surface area contributed by atoms with E-state index >= 15 is 0 Å². The van der Waals surface area contributed by atoms with Crippen molar-refractivity contribution < 1.29 is 23.8 Å². The summed E-state index contributed by atoms with van der Waals surface area (Å²) >= 11 is 6.19. The summed E-state index contributed by atoms with van der Waals surface area (Å²) in [7, 11) is 0. The highest BCUT2D eigenvalue weighted by Crippen LogP contribution is 2.43. The molecule has 0 unspecified atom stereocenters. The summed E-state index contributed by atoms with van der Waals surface area (Å²) in [4.78, 5) is 24.0. The second kappa shape index (κ2) is 6.35. The van der Waals surface area contributed by atoms with Crippen LogP contribution in [0.4, 0.5) is 0 Å². The molecule has 0 aromatic heterocycles. The van der Waals surface area contributed by atoms with Gasteiger partial charge in [-0.2, -0.15) is 0 Å². The molecule has 5 nitrogen and oxygen atoms in total. The molecule has 0 spiro atoms. The topological polar surface area (TPSA) is 61.8 Å². The fourth-order valence-corrected chi connectivity index (χ4v) is 2.55. The average molecular weight is 313 g/mol. The fourth-order valence-electron chi connectivity index (χ4n) is 2.26. The zero-order valence-corrected chi connectivity index (χ0v) is 13.0. The van der Waals surface area contributed by atoms with Gasteiger partial charge in [-0.25, -0.2) is 4.79 Å². The maximum absolute atomic E-state index is 12.3. The number of hydrogen-bond acceptors (Lipinski definition) is 5. The number of Topliss-reactive ketones (excluding diaryl/α,β-unsaturated/α-hetero) is 1. The molecular formula is C15H17ClO5. The van der Waals surface area contributed by atoms with Crippen molar-refractivity contribution in [1.29, 1.82) is 0 Å². The Labute approximate surface area is 128 Å². The predicted molar refractivity (Wildman–Crippen MR) is 77.5 cm³/mol. The molecule has 1 heterocycles. The summed E-state index contributed by atoms with van der Waals surface area (Å²) in [5.74, 6) is -0.767. The minimum absolute atomic E-state index is 0.0625. The van der Waals surface area contributed by atoms with Gasteiger partial charge in [0.25, 0.3) is 5.78 Å².